The van der Waals surface area contributed by atoms with Gasteiger partial charge < -0.3 is 20.7 Å². The topological polar surface area (TPSA) is 67.6 Å². The first-order chi connectivity index (χ1) is 9.56. The van der Waals surface area contributed by atoms with Crippen molar-refractivity contribution < 1.29 is 9.53 Å². The van der Waals surface area contributed by atoms with Crippen LogP contribution in [-0.4, -0.2) is 43.1 Å². The Labute approximate surface area is 145 Å². The minimum Gasteiger partial charge on any atom is -0.492 e. The predicted molar refractivity (Wildman–Crippen MR) is 96.5 cm³/mol. The number of likely N-dealkylation sites (N-methyl/N-ethyl adjacent to an activating group) is 1. The van der Waals surface area contributed by atoms with E-state index in [4.69, 9.17) is 10.5 Å². The van der Waals surface area contributed by atoms with Crippen molar-refractivity contribution in [2.24, 2.45) is 5.73 Å². The molecule has 0 saturated heterocycles. The Morgan fingerprint density at radius 3 is 2.23 bits per heavy atom. The normalized spacial score (nSPS) is 11.1. The minimum absolute atomic E-state index is 0. The lowest BCUT2D eigenvalue weighted by molar-refractivity contribution is -0.117. The summed E-state index contributed by atoms with van der Waals surface area (Å²) >= 11 is 0. The third-order valence-corrected chi connectivity index (χ3v) is 3.11. The highest BCUT2D eigenvalue weighted by atomic mass is 35.5. The van der Waals surface area contributed by atoms with E-state index in [0.717, 1.165) is 31.1 Å². The van der Waals surface area contributed by atoms with Crippen molar-refractivity contribution in [3.63, 3.8) is 0 Å². The lowest BCUT2D eigenvalue weighted by atomic mass is 10.2. The quantitative estimate of drug-likeness (QED) is 0.755. The summed E-state index contributed by atoms with van der Waals surface area (Å²) in [7, 11) is 0. The molecule has 0 heterocycles. The van der Waals surface area contributed by atoms with Crippen LogP contribution in [0.1, 0.15) is 20.8 Å². The maximum absolute atomic E-state index is 11.4. The number of rotatable bonds is 8. The molecule has 1 rings (SSSR count). The van der Waals surface area contributed by atoms with E-state index in [1.54, 1.807) is 6.92 Å². The second-order valence-electron chi connectivity index (χ2n) is 4.68. The van der Waals surface area contributed by atoms with Gasteiger partial charge in [-0.15, -0.1) is 24.8 Å². The summed E-state index contributed by atoms with van der Waals surface area (Å²) < 4.78 is 5.67. The average molecular weight is 352 g/mol. The molecular weight excluding hydrogens is 325 g/mol. The summed E-state index contributed by atoms with van der Waals surface area (Å²) in [6.45, 7) is 9.56. The van der Waals surface area contributed by atoms with Crippen LogP contribution < -0.4 is 15.8 Å². The van der Waals surface area contributed by atoms with Gasteiger partial charge in [0.05, 0.1) is 6.04 Å². The van der Waals surface area contributed by atoms with Crippen molar-refractivity contribution in [1.82, 2.24) is 4.90 Å². The summed E-state index contributed by atoms with van der Waals surface area (Å²) in [5, 5.41) is 2.73. The third kappa shape index (κ3) is 8.44. The van der Waals surface area contributed by atoms with E-state index in [2.05, 4.69) is 24.1 Å². The average Bonchev–Trinajstić information content (AvgIpc) is 2.45. The molecule has 5 nitrogen and oxygen atoms in total. The molecule has 0 radical (unpaired) electrons. The van der Waals surface area contributed by atoms with Gasteiger partial charge in [0.1, 0.15) is 12.4 Å². The zero-order chi connectivity index (χ0) is 15.0. The van der Waals surface area contributed by atoms with E-state index < -0.39 is 6.04 Å². The molecule has 1 aromatic rings. The largest absolute Gasteiger partial charge is 0.492 e. The van der Waals surface area contributed by atoms with Crippen LogP contribution in [0.15, 0.2) is 24.3 Å². The zero-order valence-electron chi connectivity index (χ0n) is 13.4. The molecule has 128 valence electrons. The Morgan fingerprint density at radius 2 is 1.77 bits per heavy atom. The van der Waals surface area contributed by atoms with Crippen molar-refractivity contribution in [2.45, 2.75) is 26.8 Å². The number of carbonyl (C=O) groups excluding carboxylic acids is 1. The molecule has 1 atom stereocenters. The van der Waals surface area contributed by atoms with E-state index in [0.29, 0.717) is 6.61 Å². The minimum atomic E-state index is -0.514. The first-order valence-corrected chi connectivity index (χ1v) is 7.08. The number of anilines is 1. The van der Waals surface area contributed by atoms with E-state index in [9.17, 15) is 4.79 Å². The number of hydrogen-bond donors (Lipinski definition) is 2. The van der Waals surface area contributed by atoms with Crippen LogP contribution in [0.25, 0.3) is 0 Å². The highest BCUT2D eigenvalue weighted by molar-refractivity contribution is 5.94. The van der Waals surface area contributed by atoms with Gasteiger partial charge in [-0.2, -0.15) is 0 Å². The standard InChI is InChI=1S/C15H25N3O2.2ClH/c1-4-18(5-2)10-11-20-14-8-6-13(7-9-14)17-15(19)12(3)16;;/h6-9,12H,4-5,10-11,16H2,1-3H3,(H,17,19);2*1H/t12-;;/m0../s1. The SMILES string of the molecule is CCN(CC)CCOc1ccc(NC(=O)[C@H](C)N)cc1.Cl.Cl. The molecule has 0 fully saturated rings. The zero-order valence-corrected chi connectivity index (χ0v) is 15.0. The Hall–Kier alpha value is -1.01. The fourth-order valence-corrected chi connectivity index (χ4v) is 1.72. The van der Waals surface area contributed by atoms with E-state index in [1.165, 1.54) is 0 Å². The monoisotopic (exact) mass is 351 g/mol. The lowest BCUT2D eigenvalue weighted by Crippen LogP contribution is -2.32. The summed E-state index contributed by atoms with van der Waals surface area (Å²) in [5.74, 6) is 0.608. The number of halogens is 2. The van der Waals surface area contributed by atoms with Crippen LogP contribution in [0.4, 0.5) is 5.69 Å². The van der Waals surface area contributed by atoms with Gasteiger partial charge in [-0.05, 0) is 44.3 Å². The fraction of sp³-hybridized carbons (Fsp3) is 0.533. The molecule has 0 spiro atoms. The van der Waals surface area contributed by atoms with E-state index in [-0.39, 0.29) is 30.7 Å². The van der Waals surface area contributed by atoms with Gasteiger partial charge in [0.15, 0.2) is 0 Å². The van der Waals surface area contributed by atoms with Gasteiger partial charge in [0.25, 0.3) is 0 Å². The van der Waals surface area contributed by atoms with Gasteiger partial charge in [-0.3, -0.25) is 4.79 Å². The molecule has 0 aliphatic rings. The Bertz CT molecular complexity index is 410. The predicted octanol–water partition coefficient (Wildman–Crippen LogP) is 2.54. The molecule has 0 aliphatic carbocycles. The van der Waals surface area contributed by atoms with Gasteiger partial charge in [-0.25, -0.2) is 0 Å². The summed E-state index contributed by atoms with van der Waals surface area (Å²) in [6, 6.07) is 6.80. The highest BCUT2D eigenvalue weighted by Gasteiger charge is 2.07. The second-order valence-corrected chi connectivity index (χ2v) is 4.68. The molecule has 1 aromatic carbocycles. The number of amides is 1. The van der Waals surface area contributed by atoms with E-state index in [1.807, 2.05) is 24.3 Å². The maximum atomic E-state index is 11.4. The van der Waals surface area contributed by atoms with Gasteiger partial charge in [0, 0.05) is 12.2 Å². The number of nitrogens with zero attached hydrogens (tertiary/aromatic N) is 1. The Kier molecular flexibility index (Phi) is 13.2. The van der Waals surface area contributed by atoms with Crippen LogP contribution in [-0.2, 0) is 4.79 Å². The van der Waals surface area contributed by atoms with Crippen molar-refractivity contribution in [2.75, 3.05) is 31.6 Å². The molecule has 22 heavy (non-hydrogen) atoms. The summed E-state index contributed by atoms with van der Waals surface area (Å²) in [6.07, 6.45) is 0. The number of carbonyl (C=O) groups is 1. The van der Waals surface area contributed by atoms with Crippen molar-refractivity contribution in [3.05, 3.63) is 24.3 Å². The van der Waals surface area contributed by atoms with Crippen LogP contribution in [0.5, 0.6) is 5.75 Å². The van der Waals surface area contributed by atoms with Crippen LogP contribution in [0.3, 0.4) is 0 Å². The molecule has 0 unspecified atom stereocenters. The van der Waals surface area contributed by atoms with Crippen LogP contribution in [0, 0.1) is 0 Å². The molecule has 0 bridgehead atoms. The first-order valence-electron chi connectivity index (χ1n) is 7.08. The van der Waals surface area contributed by atoms with Crippen LogP contribution in [0.2, 0.25) is 0 Å². The highest BCUT2D eigenvalue weighted by Crippen LogP contribution is 2.15. The van der Waals surface area contributed by atoms with E-state index >= 15 is 0 Å². The number of nitrogens with one attached hydrogen (secondary N) is 1. The number of hydrogen-bond acceptors (Lipinski definition) is 4. The first kappa shape index (κ1) is 23.3. The molecule has 0 saturated carbocycles. The molecule has 0 aliphatic heterocycles. The lowest BCUT2D eigenvalue weighted by Gasteiger charge is -2.18. The molecule has 0 aromatic heterocycles. The molecule has 3 N–H and O–H groups in total. The smallest absolute Gasteiger partial charge is 0.240 e. The summed E-state index contributed by atoms with van der Waals surface area (Å²) in [5.41, 5.74) is 6.22. The van der Waals surface area contributed by atoms with Crippen molar-refractivity contribution in [3.8, 4) is 5.75 Å². The Morgan fingerprint density at radius 1 is 1.23 bits per heavy atom. The van der Waals surface area contributed by atoms with Gasteiger partial charge >= 0.3 is 0 Å². The maximum Gasteiger partial charge on any atom is 0.240 e. The summed E-state index contributed by atoms with van der Waals surface area (Å²) in [4.78, 5) is 13.7. The van der Waals surface area contributed by atoms with Gasteiger partial charge in [0.2, 0.25) is 5.91 Å². The fourth-order valence-electron chi connectivity index (χ4n) is 1.72. The molecular formula is C15H27Cl2N3O2. The van der Waals surface area contributed by atoms with Crippen LogP contribution >= 0.6 is 24.8 Å². The molecule has 1 amide bonds. The Balaban J connectivity index is 0. The second kappa shape index (κ2) is 12.5. The van der Waals surface area contributed by atoms with Crippen molar-refractivity contribution >= 4 is 36.4 Å². The molecule has 7 heteroatoms. The third-order valence-electron chi connectivity index (χ3n) is 3.11. The number of benzene rings is 1. The van der Waals surface area contributed by atoms with Gasteiger partial charge in [-0.1, -0.05) is 13.8 Å². The number of ether oxygens (including phenoxy) is 1. The number of nitrogens with two attached hydrogens (primary N) is 1. The van der Waals surface area contributed by atoms with Crippen molar-refractivity contribution in [1.29, 1.82) is 0 Å².